The van der Waals surface area contributed by atoms with Crippen molar-refractivity contribution >= 4 is 17.5 Å². The molecule has 1 saturated heterocycles. The molecule has 8 atom stereocenters. The van der Waals surface area contributed by atoms with Crippen molar-refractivity contribution in [1.82, 2.24) is 5.32 Å². The maximum atomic E-state index is 13.5. The summed E-state index contributed by atoms with van der Waals surface area (Å²) in [5.74, 6) is -1.30. The minimum absolute atomic E-state index is 0.00890. The second-order valence-electron chi connectivity index (χ2n) is 12.6. The second kappa shape index (κ2) is 18.5. The highest BCUT2D eigenvalue weighted by Gasteiger charge is 2.42. The lowest BCUT2D eigenvalue weighted by Crippen LogP contribution is -2.49. The van der Waals surface area contributed by atoms with Gasteiger partial charge in [-0.1, -0.05) is 62.5 Å². The summed E-state index contributed by atoms with van der Waals surface area (Å²) in [5.41, 5.74) is 1.00. The van der Waals surface area contributed by atoms with E-state index < -0.39 is 42.7 Å². The normalized spacial score (nSPS) is 35.4. The van der Waals surface area contributed by atoms with Crippen molar-refractivity contribution in [3.8, 4) is 0 Å². The van der Waals surface area contributed by atoms with Crippen molar-refractivity contribution in [3.63, 3.8) is 0 Å². The van der Waals surface area contributed by atoms with Gasteiger partial charge in [0.1, 0.15) is 23.8 Å². The van der Waals surface area contributed by atoms with Gasteiger partial charge in [0.05, 0.1) is 18.3 Å². The standard InChI is InChI=1S/C35H53NO9/c1-5-6-7-8-13-25-19-26(37)14-11-15-27(38)20-28(39)33-24(17-22(2)12-9-10-16-31(40)36-25)18-30(35(33)42)45-32-21-29(43-4)34(41)23(3)44-32/h9-10,12,16-17,23-25,27,29-30,32,34,38,41-42H,5-8,11,13-15,18-21H2,1-4H3,(H,36,40)/b12-9-,16-10-,22-17-/t23-,24+,25+,27+,29+,30+,32+,34-/m1/s1. The van der Waals surface area contributed by atoms with E-state index in [0.717, 1.165) is 37.7 Å². The molecule has 252 valence electrons. The van der Waals surface area contributed by atoms with Gasteiger partial charge in [0.25, 0.3) is 0 Å². The smallest absolute Gasteiger partial charge is 0.244 e. The number of hydrogen-bond donors (Lipinski definition) is 4. The van der Waals surface area contributed by atoms with Gasteiger partial charge in [0.2, 0.25) is 5.91 Å². The molecule has 0 bridgehead atoms. The molecule has 1 amide bonds. The number of Topliss-reactive ketones (excluding diaryl/α,β-unsaturated/α-hetero) is 2. The fourth-order valence-electron chi connectivity index (χ4n) is 6.31. The summed E-state index contributed by atoms with van der Waals surface area (Å²) in [7, 11) is 1.50. The molecule has 0 aromatic heterocycles. The van der Waals surface area contributed by atoms with E-state index in [1.54, 1.807) is 19.1 Å². The predicted octanol–water partition coefficient (Wildman–Crippen LogP) is 4.69. The number of nitrogens with one attached hydrogen (secondary N) is 1. The molecule has 3 aliphatic rings. The van der Waals surface area contributed by atoms with Crippen LogP contribution in [-0.4, -0.2) is 82.8 Å². The average molecular weight is 632 g/mol. The number of aliphatic hydroxyl groups excluding tert-OH is 3. The summed E-state index contributed by atoms with van der Waals surface area (Å²) in [5, 5.41) is 35.2. The van der Waals surface area contributed by atoms with E-state index in [9.17, 15) is 29.7 Å². The largest absolute Gasteiger partial charge is 0.509 e. The number of ether oxygens (including phenoxy) is 3. The number of unbranched alkanes of at least 4 members (excludes halogenated alkanes) is 3. The molecule has 1 fully saturated rings. The van der Waals surface area contributed by atoms with Gasteiger partial charge in [-0.15, -0.1) is 0 Å². The lowest BCUT2D eigenvalue weighted by atomic mass is 9.92. The number of carbonyl (C=O) groups excluding carboxylic acids is 3. The van der Waals surface area contributed by atoms with E-state index in [0.29, 0.717) is 6.42 Å². The number of hydrogen-bond acceptors (Lipinski definition) is 9. The SMILES string of the molecule is CCCCCC[C@H]1CC(=O)CCC[C@H](O)CC(=O)C2=C(O)[C@@H](O[C@H]3C[C@H](OC)[C@H](O)[C@@H](C)O3)C[C@@H]2\C=C(C)/C=C\C=C/C(=O)N1. The molecule has 1 aliphatic carbocycles. The Morgan fingerprint density at radius 2 is 1.80 bits per heavy atom. The topological polar surface area (TPSA) is 152 Å². The first-order chi connectivity index (χ1) is 21.5. The number of rotatable bonds is 8. The Morgan fingerprint density at radius 1 is 1.04 bits per heavy atom. The predicted molar refractivity (Wildman–Crippen MR) is 170 cm³/mol. The molecule has 2 aliphatic heterocycles. The summed E-state index contributed by atoms with van der Waals surface area (Å²) in [6, 6.07) is -0.247. The highest BCUT2D eigenvalue weighted by molar-refractivity contribution is 5.97. The number of fused-ring (bicyclic) bond motifs is 1. The third kappa shape index (κ3) is 11.6. The van der Waals surface area contributed by atoms with Crippen LogP contribution >= 0.6 is 0 Å². The Bertz CT molecular complexity index is 1130. The molecular weight excluding hydrogens is 578 g/mol. The van der Waals surface area contributed by atoms with Crippen LogP contribution < -0.4 is 5.32 Å². The Morgan fingerprint density at radius 3 is 2.53 bits per heavy atom. The van der Waals surface area contributed by atoms with Crippen LogP contribution in [-0.2, 0) is 28.6 Å². The molecule has 0 saturated carbocycles. The van der Waals surface area contributed by atoms with Crippen LogP contribution in [0.3, 0.4) is 0 Å². The van der Waals surface area contributed by atoms with Crippen LogP contribution in [0, 0.1) is 5.92 Å². The van der Waals surface area contributed by atoms with Gasteiger partial charge in [-0.25, -0.2) is 0 Å². The summed E-state index contributed by atoms with van der Waals surface area (Å²) in [6.07, 6.45) is 10.5. The van der Waals surface area contributed by atoms with Crippen LogP contribution in [0.15, 0.2) is 47.3 Å². The van der Waals surface area contributed by atoms with Crippen LogP contribution in [0.5, 0.6) is 0 Å². The maximum Gasteiger partial charge on any atom is 0.244 e. The van der Waals surface area contributed by atoms with Gasteiger partial charge in [-0.3, -0.25) is 14.4 Å². The molecule has 10 nitrogen and oxygen atoms in total. The molecule has 3 rings (SSSR count). The van der Waals surface area contributed by atoms with E-state index in [1.807, 2.05) is 19.1 Å². The zero-order chi connectivity index (χ0) is 32.9. The number of aliphatic hydroxyl groups is 3. The molecule has 2 heterocycles. The zero-order valence-electron chi connectivity index (χ0n) is 27.3. The molecule has 0 aromatic rings. The van der Waals surface area contributed by atoms with Crippen LogP contribution in [0.25, 0.3) is 0 Å². The van der Waals surface area contributed by atoms with Gasteiger partial charge < -0.3 is 34.8 Å². The van der Waals surface area contributed by atoms with Gasteiger partial charge in [-0.05, 0) is 39.5 Å². The quantitative estimate of drug-likeness (QED) is 0.280. The Kier molecular flexibility index (Phi) is 15.1. The van der Waals surface area contributed by atoms with Gasteiger partial charge in [0, 0.05) is 56.4 Å². The number of carbonyl (C=O) groups is 3. The molecule has 45 heavy (non-hydrogen) atoms. The molecule has 10 heteroatoms. The first-order valence-electron chi connectivity index (χ1n) is 16.5. The van der Waals surface area contributed by atoms with Crippen molar-refractivity contribution in [2.24, 2.45) is 5.92 Å². The van der Waals surface area contributed by atoms with Crippen molar-refractivity contribution in [1.29, 1.82) is 0 Å². The zero-order valence-corrected chi connectivity index (χ0v) is 27.3. The fraction of sp³-hybridized carbons (Fsp3) is 0.686. The van der Waals surface area contributed by atoms with Gasteiger partial charge >= 0.3 is 0 Å². The number of ketones is 2. The molecule has 0 unspecified atom stereocenters. The minimum atomic E-state index is -0.974. The summed E-state index contributed by atoms with van der Waals surface area (Å²) < 4.78 is 17.3. The lowest BCUT2D eigenvalue weighted by molar-refractivity contribution is -0.261. The second-order valence-corrected chi connectivity index (χ2v) is 12.6. The fourth-order valence-corrected chi connectivity index (χ4v) is 6.31. The molecule has 0 spiro atoms. The lowest BCUT2D eigenvalue weighted by Gasteiger charge is -2.37. The van der Waals surface area contributed by atoms with Crippen molar-refractivity contribution in [2.75, 3.05) is 7.11 Å². The van der Waals surface area contributed by atoms with Crippen LogP contribution in [0.1, 0.15) is 97.8 Å². The number of allylic oxidation sites excluding steroid dienone is 6. The third-order valence-corrected chi connectivity index (χ3v) is 8.81. The Balaban J connectivity index is 1.79. The van der Waals surface area contributed by atoms with Crippen molar-refractivity contribution in [3.05, 3.63) is 47.3 Å². The first kappa shape index (κ1) is 36.8. The van der Waals surface area contributed by atoms with Crippen molar-refractivity contribution < 1.29 is 43.9 Å². The summed E-state index contributed by atoms with van der Waals surface area (Å²) in [4.78, 5) is 38.9. The van der Waals surface area contributed by atoms with E-state index in [1.165, 1.54) is 13.2 Å². The van der Waals surface area contributed by atoms with E-state index in [4.69, 9.17) is 14.2 Å². The average Bonchev–Trinajstić information content (AvgIpc) is 3.28. The van der Waals surface area contributed by atoms with Crippen molar-refractivity contribution in [2.45, 2.75) is 141 Å². The molecule has 0 radical (unpaired) electrons. The minimum Gasteiger partial charge on any atom is -0.509 e. The molecule has 4 N–H and O–H groups in total. The number of methoxy groups -OCH3 is 1. The summed E-state index contributed by atoms with van der Waals surface area (Å²) >= 11 is 0. The maximum absolute atomic E-state index is 13.5. The highest BCUT2D eigenvalue weighted by atomic mass is 16.7. The third-order valence-electron chi connectivity index (χ3n) is 8.81. The monoisotopic (exact) mass is 631 g/mol. The molecular formula is C35H53NO9. The van der Waals surface area contributed by atoms with Gasteiger partial charge in [0.15, 0.2) is 12.1 Å². The highest BCUT2D eigenvalue weighted by Crippen LogP contribution is 2.38. The first-order valence-corrected chi connectivity index (χ1v) is 16.5. The Hall–Kier alpha value is -2.63. The van der Waals surface area contributed by atoms with E-state index in [2.05, 4.69) is 12.2 Å². The van der Waals surface area contributed by atoms with Gasteiger partial charge in [-0.2, -0.15) is 0 Å². The molecule has 0 aromatic carbocycles. The van der Waals surface area contributed by atoms with Crippen LogP contribution in [0.4, 0.5) is 0 Å². The van der Waals surface area contributed by atoms with E-state index in [-0.39, 0.29) is 73.4 Å². The van der Waals surface area contributed by atoms with Crippen LogP contribution in [0.2, 0.25) is 0 Å². The summed E-state index contributed by atoms with van der Waals surface area (Å²) in [6.45, 7) is 5.72. The number of amides is 1. The Labute approximate surface area is 267 Å². The van der Waals surface area contributed by atoms with E-state index >= 15 is 0 Å².